The molecular formula is C15H18N2O. The molecule has 0 aliphatic carbocycles. The first-order valence-corrected chi connectivity index (χ1v) is 6.54. The second-order valence-electron chi connectivity index (χ2n) is 4.84. The zero-order valence-electron chi connectivity index (χ0n) is 10.4. The molecule has 3 rings (SSSR count). The summed E-state index contributed by atoms with van der Waals surface area (Å²) in [6.45, 7) is 3.68. The van der Waals surface area contributed by atoms with Crippen LogP contribution in [-0.4, -0.2) is 31.3 Å². The summed E-state index contributed by atoms with van der Waals surface area (Å²) in [6.07, 6.45) is 2.90. The van der Waals surface area contributed by atoms with E-state index in [0.717, 1.165) is 38.2 Å². The SMILES string of the molecule is c1cc(C[C@H]2CNCCOC2)c2cccnc2c1. The molecule has 3 heteroatoms. The fourth-order valence-electron chi connectivity index (χ4n) is 2.55. The Bertz CT molecular complexity index is 513. The maximum absolute atomic E-state index is 5.61. The van der Waals surface area contributed by atoms with E-state index in [9.17, 15) is 0 Å². The van der Waals surface area contributed by atoms with E-state index < -0.39 is 0 Å². The zero-order chi connectivity index (χ0) is 12.2. The van der Waals surface area contributed by atoms with Gasteiger partial charge in [-0.05, 0) is 30.0 Å². The Balaban J connectivity index is 1.85. The highest BCUT2D eigenvalue weighted by Crippen LogP contribution is 2.20. The lowest BCUT2D eigenvalue weighted by Crippen LogP contribution is -2.24. The third-order valence-corrected chi connectivity index (χ3v) is 3.45. The van der Waals surface area contributed by atoms with E-state index in [1.807, 2.05) is 12.3 Å². The minimum atomic E-state index is 0.554. The van der Waals surface area contributed by atoms with Crippen LogP contribution < -0.4 is 5.32 Å². The molecule has 2 aromatic rings. The van der Waals surface area contributed by atoms with Crippen LogP contribution in [0, 0.1) is 5.92 Å². The van der Waals surface area contributed by atoms with E-state index in [-0.39, 0.29) is 0 Å². The molecule has 0 spiro atoms. The van der Waals surface area contributed by atoms with Crippen molar-refractivity contribution in [1.82, 2.24) is 10.3 Å². The molecule has 1 aromatic heterocycles. The number of ether oxygens (including phenoxy) is 1. The van der Waals surface area contributed by atoms with Crippen LogP contribution >= 0.6 is 0 Å². The Morgan fingerprint density at radius 2 is 2.28 bits per heavy atom. The van der Waals surface area contributed by atoms with Crippen molar-refractivity contribution >= 4 is 10.9 Å². The molecule has 0 saturated carbocycles. The van der Waals surface area contributed by atoms with Crippen molar-refractivity contribution in [3.05, 3.63) is 42.1 Å². The number of fused-ring (bicyclic) bond motifs is 1. The minimum Gasteiger partial charge on any atom is -0.380 e. The topological polar surface area (TPSA) is 34.1 Å². The number of benzene rings is 1. The molecule has 0 unspecified atom stereocenters. The summed E-state index contributed by atoms with van der Waals surface area (Å²) < 4.78 is 5.61. The third kappa shape index (κ3) is 2.52. The number of nitrogens with one attached hydrogen (secondary N) is 1. The van der Waals surface area contributed by atoms with Crippen LogP contribution in [0.15, 0.2) is 36.5 Å². The molecule has 1 aliphatic heterocycles. The molecule has 1 atom stereocenters. The maximum atomic E-state index is 5.61. The summed E-state index contributed by atoms with van der Waals surface area (Å²) in [5.74, 6) is 0.554. The van der Waals surface area contributed by atoms with Crippen LogP contribution in [-0.2, 0) is 11.2 Å². The summed E-state index contributed by atoms with van der Waals surface area (Å²) in [5.41, 5.74) is 2.45. The summed E-state index contributed by atoms with van der Waals surface area (Å²) in [5, 5.41) is 4.69. The van der Waals surface area contributed by atoms with E-state index in [1.165, 1.54) is 10.9 Å². The molecular weight excluding hydrogens is 224 g/mol. The first kappa shape index (κ1) is 11.6. The molecule has 3 nitrogen and oxygen atoms in total. The van der Waals surface area contributed by atoms with Gasteiger partial charge in [0.2, 0.25) is 0 Å². The van der Waals surface area contributed by atoms with Crippen molar-refractivity contribution in [3.8, 4) is 0 Å². The third-order valence-electron chi connectivity index (χ3n) is 3.45. The highest BCUT2D eigenvalue weighted by molar-refractivity contribution is 5.81. The van der Waals surface area contributed by atoms with E-state index in [0.29, 0.717) is 5.92 Å². The molecule has 2 heterocycles. The maximum Gasteiger partial charge on any atom is 0.0704 e. The number of hydrogen-bond acceptors (Lipinski definition) is 3. The fraction of sp³-hybridized carbons (Fsp3) is 0.400. The Morgan fingerprint density at radius 3 is 3.28 bits per heavy atom. The predicted octanol–water partition coefficient (Wildman–Crippen LogP) is 2.01. The van der Waals surface area contributed by atoms with Crippen molar-refractivity contribution in [3.63, 3.8) is 0 Å². The van der Waals surface area contributed by atoms with Crippen LogP contribution in [0.5, 0.6) is 0 Å². The molecule has 1 aromatic carbocycles. The summed E-state index contributed by atoms with van der Waals surface area (Å²) in [7, 11) is 0. The van der Waals surface area contributed by atoms with Crippen molar-refractivity contribution < 1.29 is 4.74 Å². The molecule has 18 heavy (non-hydrogen) atoms. The van der Waals surface area contributed by atoms with Crippen molar-refractivity contribution in [2.75, 3.05) is 26.3 Å². The molecule has 1 aliphatic rings. The van der Waals surface area contributed by atoms with Gasteiger partial charge in [-0.3, -0.25) is 4.98 Å². The summed E-state index contributed by atoms with van der Waals surface area (Å²) in [6, 6.07) is 10.5. The Labute approximate surface area is 107 Å². The normalized spacial score (nSPS) is 20.8. The van der Waals surface area contributed by atoms with Gasteiger partial charge in [-0.2, -0.15) is 0 Å². The van der Waals surface area contributed by atoms with E-state index >= 15 is 0 Å². The average molecular weight is 242 g/mol. The second kappa shape index (κ2) is 5.46. The van der Waals surface area contributed by atoms with Crippen molar-refractivity contribution in [1.29, 1.82) is 0 Å². The highest BCUT2D eigenvalue weighted by Gasteiger charge is 2.14. The number of rotatable bonds is 2. The van der Waals surface area contributed by atoms with Gasteiger partial charge in [-0.1, -0.05) is 18.2 Å². The second-order valence-corrected chi connectivity index (χ2v) is 4.84. The number of nitrogens with zero attached hydrogens (tertiary/aromatic N) is 1. The lowest BCUT2D eigenvalue weighted by Gasteiger charge is -2.15. The van der Waals surface area contributed by atoms with Gasteiger partial charge < -0.3 is 10.1 Å². The van der Waals surface area contributed by atoms with Crippen LogP contribution in [0.25, 0.3) is 10.9 Å². The first-order chi connectivity index (χ1) is 8.93. The van der Waals surface area contributed by atoms with Crippen molar-refractivity contribution in [2.24, 2.45) is 5.92 Å². The number of aromatic nitrogens is 1. The average Bonchev–Trinajstić information content (AvgIpc) is 2.68. The van der Waals surface area contributed by atoms with Crippen LogP contribution in [0.1, 0.15) is 5.56 Å². The monoisotopic (exact) mass is 242 g/mol. The quantitative estimate of drug-likeness (QED) is 0.874. The highest BCUT2D eigenvalue weighted by atomic mass is 16.5. The van der Waals surface area contributed by atoms with Gasteiger partial charge in [0.05, 0.1) is 18.7 Å². The lowest BCUT2D eigenvalue weighted by atomic mass is 9.97. The van der Waals surface area contributed by atoms with E-state index in [1.54, 1.807) is 0 Å². The first-order valence-electron chi connectivity index (χ1n) is 6.54. The van der Waals surface area contributed by atoms with Gasteiger partial charge in [-0.25, -0.2) is 0 Å². The van der Waals surface area contributed by atoms with Gasteiger partial charge in [0.15, 0.2) is 0 Å². The predicted molar refractivity (Wildman–Crippen MR) is 72.6 cm³/mol. The van der Waals surface area contributed by atoms with E-state index in [4.69, 9.17) is 4.74 Å². The smallest absolute Gasteiger partial charge is 0.0704 e. The Morgan fingerprint density at radius 1 is 1.28 bits per heavy atom. The Kier molecular flexibility index (Phi) is 3.53. The van der Waals surface area contributed by atoms with Gasteiger partial charge in [-0.15, -0.1) is 0 Å². The van der Waals surface area contributed by atoms with Crippen molar-refractivity contribution in [2.45, 2.75) is 6.42 Å². The molecule has 0 bridgehead atoms. The molecule has 0 amide bonds. The van der Waals surface area contributed by atoms with Gasteiger partial charge >= 0.3 is 0 Å². The van der Waals surface area contributed by atoms with Crippen LogP contribution in [0.4, 0.5) is 0 Å². The molecule has 1 saturated heterocycles. The number of pyridine rings is 1. The lowest BCUT2D eigenvalue weighted by molar-refractivity contribution is 0.123. The fourth-order valence-corrected chi connectivity index (χ4v) is 2.55. The van der Waals surface area contributed by atoms with Gasteiger partial charge in [0.1, 0.15) is 0 Å². The minimum absolute atomic E-state index is 0.554. The molecule has 0 radical (unpaired) electrons. The van der Waals surface area contributed by atoms with Gasteiger partial charge in [0, 0.05) is 24.7 Å². The largest absolute Gasteiger partial charge is 0.380 e. The van der Waals surface area contributed by atoms with Crippen LogP contribution in [0.3, 0.4) is 0 Å². The molecule has 1 fully saturated rings. The van der Waals surface area contributed by atoms with Crippen LogP contribution in [0.2, 0.25) is 0 Å². The van der Waals surface area contributed by atoms with Gasteiger partial charge in [0.25, 0.3) is 0 Å². The zero-order valence-corrected chi connectivity index (χ0v) is 10.4. The standard InChI is InChI=1S/C15H18N2O/c1-3-13(9-12-10-16-7-8-18-11-12)14-4-2-6-17-15(14)5-1/h1-6,12,16H,7-11H2/t12-/m0/s1. The Hall–Kier alpha value is -1.45. The van der Waals surface area contributed by atoms with E-state index in [2.05, 4.69) is 34.6 Å². The molecule has 1 N–H and O–H groups in total. The summed E-state index contributed by atoms with van der Waals surface area (Å²) in [4.78, 5) is 4.41. The summed E-state index contributed by atoms with van der Waals surface area (Å²) >= 11 is 0. The molecule has 94 valence electrons. The number of hydrogen-bond donors (Lipinski definition) is 1.